The molecule has 0 aromatic heterocycles. The summed E-state index contributed by atoms with van der Waals surface area (Å²) in [6.07, 6.45) is -1.18. The van der Waals surface area contributed by atoms with Gasteiger partial charge >= 0.3 is 12.6 Å². The van der Waals surface area contributed by atoms with E-state index in [2.05, 4.69) is 10.1 Å². The lowest BCUT2D eigenvalue weighted by Gasteiger charge is -2.15. The molecule has 0 aliphatic rings. The Kier molecular flexibility index (Phi) is 7.48. The zero-order valence-electron chi connectivity index (χ0n) is 15.6. The van der Waals surface area contributed by atoms with Crippen LogP contribution in [0.3, 0.4) is 0 Å². The van der Waals surface area contributed by atoms with Crippen molar-refractivity contribution in [3.05, 3.63) is 53.6 Å². The van der Waals surface area contributed by atoms with Crippen molar-refractivity contribution in [1.29, 1.82) is 5.26 Å². The monoisotopic (exact) mass is 404 g/mol. The number of amides is 1. The van der Waals surface area contributed by atoms with Crippen LogP contribution in [0.5, 0.6) is 11.5 Å². The van der Waals surface area contributed by atoms with E-state index >= 15 is 0 Å². The molecular formula is C20H18F2N2O5. The minimum absolute atomic E-state index is 0.00728. The highest BCUT2D eigenvalue weighted by Gasteiger charge is 2.21. The average molecular weight is 404 g/mol. The lowest BCUT2D eigenvalue weighted by atomic mass is 10.2. The number of para-hydroxylation sites is 1. The molecule has 1 amide bonds. The van der Waals surface area contributed by atoms with Gasteiger partial charge in [-0.1, -0.05) is 12.1 Å². The summed E-state index contributed by atoms with van der Waals surface area (Å²) in [4.78, 5) is 24.6. The Morgan fingerprint density at radius 3 is 2.55 bits per heavy atom. The van der Waals surface area contributed by atoms with Crippen molar-refractivity contribution in [2.75, 3.05) is 11.9 Å². The molecule has 0 aliphatic heterocycles. The Labute approximate surface area is 165 Å². The highest BCUT2D eigenvalue weighted by Crippen LogP contribution is 2.30. The normalized spacial score (nSPS) is 11.3. The fourth-order valence-corrected chi connectivity index (χ4v) is 2.30. The molecule has 9 heteroatoms. The topological polar surface area (TPSA) is 97.6 Å². The Morgan fingerprint density at radius 1 is 1.17 bits per heavy atom. The van der Waals surface area contributed by atoms with Crippen molar-refractivity contribution in [1.82, 2.24) is 0 Å². The summed E-state index contributed by atoms with van der Waals surface area (Å²) in [5, 5.41) is 11.6. The second kappa shape index (κ2) is 10.0. The number of alkyl halides is 2. The molecule has 0 unspecified atom stereocenters. The van der Waals surface area contributed by atoms with E-state index in [0.29, 0.717) is 0 Å². The lowest BCUT2D eigenvalue weighted by Crippen LogP contribution is -2.30. The second-order valence-electron chi connectivity index (χ2n) is 5.67. The van der Waals surface area contributed by atoms with Gasteiger partial charge in [0.15, 0.2) is 17.6 Å². The molecule has 2 aromatic rings. The van der Waals surface area contributed by atoms with E-state index in [1.807, 2.05) is 6.07 Å². The SMILES string of the molecule is CCOc1cc(C(=O)O[C@H](C)C(=O)Nc2ccccc2C#N)ccc1OC(F)F. The van der Waals surface area contributed by atoms with E-state index in [1.54, 1.807) is 25.1 Å². The molecule has 0 aliphatic carbocycles. The Hall–Kier alpha value is -3.67. The van der Waals surface area contributed by atoms with E-state index in [-0.39, 0.29) is 34.9 Å². The van der Waals surface area contributed by atoms with Crippen molar-refractivity contribution in [3.8, 4) is 17.6 Å². The van der Waals surface area contributed by atoms with Gasteiger partial charge in [-0.3, -0.25) is 4.79 Å². The van der Waals surface area contributed by atoms with E-state index in [0.717, 1.165) is 6.07 Å². The molecule has 0 radical (unpaired) electrons. The molecule has 2 aromatic carbocycles. The van der Waals surface area contributed by atoms with Gasteiger partial charge in [-0.2, -0.15) is 14.0 Å². The van der Waals surface area contributed by atoms with E-state index < -0.39 is 24.6 Å². The minimum atomic E-state index is -3.05. The van der Waals surface area contributed by atoms with Gasteiger partial charge in [-0.05, 0) is 44.2 Å². The first-order valence-corrected chi connectivity index (χ1v) is 8.58. The largest absolute Gasteiger partial charge is 0.490 e. The number of nitriles is 1. The summed E-state index contributed by atoms with van der Waals surface area (Å²) in [5.41, 5.74) is 0.539. The van der Waals surface area contributed by atoms with Gasteiger partial charge in [-0.15, -0.1) is 0 Å². The Bertz CT molecular complexity index is 927. The van der Waals surface area contributed by atoms with Gasteiger partial charge in [-0.25, -0.2) is 4.79 Å². The van der Waals surface area contributed by atoms with Crippen LogP contribution in [0.1, 0.15) is 29.8 Å². The van der Waals surface area contributed by atoms with Crippen LogP contribution in [0.4, 0.5) is 14.5 Å². The second-order valence-corrected chi connectivity index (χ2v) is 5.67. The number of rotatable bonds is 8. The number of nitrogens with zero attached hydrogens (tertiary/aromatic N) is 1. The molecular weight excluding hydrogens is 386 g/mol. The summed E-state index contributed by atoms with van der Waals surface area (Å²) in [6, 6.07) is 11.9. The highest BCUT2D eigenvalue weighted by molar-refractivity contribution is 5.98. The third-order valence-electron chi connectivity index (χ3n) is 3.65. The van der Waals surface area contributed by atoms with Crippen molar-refractivity contribution in [2.24, 2.45) is 0 Å². The average Bonchev–Trinajstić information content (AvgIpc) is 2.69. The quantitative estimate of drug-likeness (QED) is 0.673. The van der Waals surface area contributed by atoms with Crippen molar-refractivity contribution in [3.63, 3.8) is 0 Å². The smallest absolute Gasteiger partial charge is 0.387 e. The third-order valence-corrected chi connectivity index (χ3v) is 3.65. The number of nitrogens with one attached hydrogen (secondary N) is 1. The summed E-state index contributed by atoms with van der Waals surface area (Å²) in [7, 11) is 0. The number of carbonyl (C=O) groups is 2. The molecule has 0 saturated carbocycles. The van der Waals surface area contributed by atoms with Gasteiger partial charge in [0, 0.05) is 0 Å². The summed E-state index contributed by atoms with van der Waals surface area (Å²) >= 11 is 0. The minimum Gasteiger partial charge on any atom is -0.490 e. The molecule has 1 N–H and O–H groups in total. The zero-order chi connectivity index (χ0) is 21.4. The van der Waals surface area contributed by atoms with Gasteiger partial charge in [0.2, 0.25) is 0 Å². The van der Waals surface area contributed by atoms with Gasteiger partial charge < -0.3 is 19.5 Å². The highest BCUT2D eigenvalue weighted by atomic mass is 19.3. The van der Waals surface area contributed by atoms with Crippen LogP contribution in [-0.2, 0) is 9.53 Å². The Balaban J connectivity index is 2.09. The van der Waals surface area contributed by atoms with E-state index in [1.165, 1.54) is 25.1 Å². The van der Waals surface area contributed by atoms with Crippen LogP contribution in [-0.4, -0.2) is 31.2 Å². The number of carbonyl (C=O) groups excluding carboxylic acids is 2. The molecule has 0 bridgehead atoms. The van der Waals surface area contributed by atoms with Crippen LogP contribution in [0.2, 0.25) is 0 Å². The number of ether oxygens (including phenoxy) is 3. The van der Waals surface area contributed by atoms with Crippen LogP contribution in [0.15, 0.2) is 42.5 Å². The molecule has 1 atom stereocenters. The first-order valence-electron chi connectivity index (χ1n) is 8.58. The summed E-state index contributed by atoms with van der Waals surface area (Å²) < 4.78 is 39.6. The van der Waals surface area contributed by atoms with E-state index in [9.17, 15) is 18.4 Å². The van der Waals surface area contributed by atoms with Gasteiger partial charge in [0.1, 0.15) is 6.07 Å². The maximum Gasteiger partial charge on any atom is 0.387 e. The van der Waals surface area contributed by atoms with E-state index in [4.69, 9.17) is 14.7 Å². The Morgan fingerprint density at radius 2 is 1.90 bits per heavy atom. The van der Waals surface area contributed by atoms with Crippen molar-refractivity contribution >= 4 is 17.6 Å². The number of hydrogen-bond acceptors (Lipinski definition) is 6. The van der Waals surface area contributed by atoms with Crippen molar-refractivity contribution < 1.29 is 32.6 Å². The molecule has 0 heterocycles. The first-order chi connectivity index (χ1) is 13.8. The predicted octanol–water partition coefficient (Wildman–Crippen LogP) is 3.74. The molecule has 7 nitrogen and oxygen atoms in total. The maximum absolute atomic E-state index is 12.5. The lowest BCUT2D eigenvalue weighted by molar-refractivity contribution is -0.123. The molecule has 0 spiro atoms. The number of halogens is 2. The molecule has 0 saturated heterocycles. The molecule has 2 rings (SSSR count). The fourth-order valence-electron chi connectivity index (χ4n) is 2.30. The summed E-state index contributed by atoms with van der Waals surface area (Å²) in [5.74, 6) is -1.77. The molecule has 152 valence electrons. The van der Waals surface area contributed by atoms with Gasteiger partial charge in [0.25, 0.3) is 5.91 Å². The fraction of sp³-hybridized carbons (Fsp3) is 0.250. The molecule has 29 heavy (non-hydrogen) atoms. The van der Waals surface area contributed by atoms with Crippen LogP contribution in [0.25, 0.3) is 0 Å². The van der Waals surface area contributed by atoms with Crippen LogP contribution < -0.4 is 14.8 Å². The summed E-state index contributed by atoms with van der Waals surface area (Å²) in [6.45, 7) is 0.115. The zero-order valence-corrected chi connectivity index (χ0v) is 15.6. The third kappa shape index (κ3) is 5.90. The predicted molar refractivity (Wildman–Crippen MR) is 98.9 cm³/mol. The van der Waals surface area contributed by atoms with Crippen LogP contribution in [0, 0.1) is 11.3 Å². The number of hydrogen-bond donors (Lipinski definition) is 1. The number of benzene rings is 2. The van der Waals surface area contributed by atoms with Crippen LogP contribution >= 0.6 is 0 Å². The standard InChI is InChI=1S/C20H18F2N2O5/c1-3-27-17-10-13(8-9-16(17)29-20(21)22)19(26)28-12(2)18(25)24-15-7-5-4-6-14(15)11-23/h4-10,12,20H,3H2,1-2H3,(H,24,25)/t12-/m1/s1. The van der Waals surface area contributed by atoms with Gasteiger partial charge in [0.05, 0.1) is 23.4 Å². The first kappa shape index (κ1) is 21.6. The number of anilines is 1. The van der Waals surface area contributed by atoms with Crippen molar-refractivity contribution in [2.45, 2.75) is 26.6 Å². The maximum atomic E-state index is 12.5. The number of esters is 1. The molecule has 0 fully saturated rings.